The van der Waals surface area contributed by atoms with Crippen LogP contribution in [0.3, 0.4) is 0 Å². The molecule has 0 heterocycles. The summed E-state index contributed by atoms with van der Waals surface area (Å²) in [5.41, 5.74) is 3.17. The summed E-state index contributed by atoms with van der Waals surface area (Å²) in [7, 11) is 4.67. The first-order valence-corrected chi connectivity index (χ1v) is 9.12. The lowest BCUT2D eigenvalue weighted by Gasteiger charge is -2.14. The Kier molecular flexibility index (Phi) is 7.99. The minimum Gasteiger partial charge on any atom is -0.493 e. The van der Waals surface area contributed by atoms with E-state index in [-0.39, 0.29) is 19.0 Å². The highest BCUT2D eigenvalue weighted by Gasteiger charge is 2.14. The molecule has 0 aliphatic carbocycles. The molecule has 0 saturated carbocycles. The van der Waals surface area contributed by atoms with Gasteiger partial charge in [0.1, 0.15) is 19.0 Å². The van der Waals surface area contributed by atoms with Crippen LogP contribution < -0.4 is 18.9 Å². The van der Waals surface area contributed by atoms with Crippen molar-refractivity contribution in [3.63, 3.8) is 0 Å². The molecule has 0 fully saturated rings. The van der Waals surface area contributed by atoms with Gasteiger partial charge >= 0.3 is 5.97 Å². The van der Waals surface area contributed by atoms with Crippen LogP contribution in [0.2, 0.25) is 0 Å². The molecule has 0 spiro atoms. The molecule has 0 aliphatic rings. The van der Waals surface area contributed by atoms with E-state index in [0.717, 1.165) is 22.4 Å². The summed E-state index contributed by atoms with van der Waals surface area (Å²) in [4.78, 5) is 12.0. The zero-order valence-corrected chi connectivity index (χ0v) is 17.2. The van der Waals surface area contributed by atoms with E-state index in [1.54, 1.807) is 21.3 Å². The first-order chi connectivity index (χ1) is 13.5. The summed E-state index contributed by atoms with van der Waals surface area (Å²) in [6, 6.07) is 9.66. The molecule has 0 aromatic heterocycles. The molecule has 2 aromatic rings. The number of benzene rings is 2. The average Bonchev–Trinajstić information content (AvgIpc) is 2.68. The highest BCUT2D eigenvalue weighted by molar-refractivity contribution is 5.70. The van der Waals surface area contributed by atoms with E-state index in [1.165, 1.54) is 0 Å². The molecule has 0 N–H and O–H groups in total. The molecular weight excluding hydrogens is 360 g/mol. The fourth-order valence-electron chi connectivity index (χ4n) is 2.93. The molecule has 2 aromatic carbocycles. The number of carbonyl (C=O) groups excluding carboxylic acids is 1. The van der Waals surface area contributed by atoms with Gasteiger partial charge in [-0.15, -0.1) is 0 Å². The van der Waals surface area contributed by atoms with Gasteiger partial charge in [0.15, 0.2) is 11.5 Å². The lowest BCUT2D eigenvalue weighted by molar-refractivity contribution is -0.144. The summed E-state index contributed by atoms with van der Waals surface area (Å²) in [6.45, 7) is 4.56. The van der Waals surface area contributed by atoms with Crippen molar-refractivity contribution in [3.05, 3.63) is 47.0 Å². The minimum atomic E-state index is -0.280. The van der Waals surface area contributed by atoms with Crippen molar-refractivity contribution in [1.82, 2.24) is 0 Å². The molecule has 0 radical (unpaired) electrons. The van der Waals surface area contributed by atoms with Crippen LogP contribution in [0.5, 0.6) is 23.0 Å². The zero-order valence-electron chi connectivity index (χ0n) is 17.2. The maximum absolute atomic E-state index is 12.0. The third-order valence-corrected chi connectivity index (χ3v) is 4.15. The van der Waals surface area contributed by atoms with Crippen LogP contribution >= 0.6 is 0 Å². The molecule has 0 saturated heterocycles. The molecule has 0 amide bonds. The molecule has 6 heteroatoms. The number of rotatable bonds is 10. The van der Waals surface area contributed by atoms with Crippen LogP contribution in [-0.4, -0.2) is 40.5 Å². The summed E-state index contributed by atoms with van der Waals surface area (Å²) < 4.78 is 26.8. The van der Waals surface area contributed by atoms with Gasteiger partial charge in [-0.1, -0.05) is 6.07 Å². The molecule has 0 aliphatic heterocycles. The van der Waals surface area contributed by atoms with Gasteiger partial charge in [-0.05, 0) is 61.2 Å². The number of hydrogen-bond acceptors (Lipinski definition) is 6. The molecule has 152 valence electrons. The van der Waals surface area contributed by atoms with E-state index >= 15 is 0 Å². The fourth-order valence-corrected chi connectivity index (χ4v) is 2.93. The largest absolute Gasteiger partial charge is 0.493 e. The number of aryl methyl sites for hydroxylation is 3. The van der Waals surface area contributed by atoms with Crippen LogP contribution in [0.15, 0.2) is 30.3 Å². The van der Waals surface area contributed by atoms with E-state index in [1.807, 2.05) is 38.1 Å². The van der Waals surface area contributed by atoms with Gasteiger partial charge in [0.2, 0.25) is 5.75 Å². The predicted molar refractivity (Wildman–Crippen MR) is 107 cm³/mol. The number of esters is 1. The van der Waals surface area contributed by atoms with Crippen molar-refractivity contribution in [2.24, 2.45) is 0 Å². The summed E-state index contributed by atoms with van der Waals surface area (Å²) >= 11 is 0. The van der Waals surface area contributed by atoms with Crippen LogP contribution in [0.25, 0.3) is 0 Å². The maximum atomic E-state index is 12.0. The second-order valence-electron chi connectivity index (χ2n) is 6.43. The van der Waals surface area contributed by atoms with Crippen molar-refractivity contribution >= 4 is 5.97 Å². The standard InChI is InChI=1S/C22H28O6/c1-15-10-16(2)12-18(11-15)27-8-9-28-21(23)7-6-17-13-19(24-3)22(26-5)20(14-17)25-4/h10-14H,6-9H2,1-5H3. The summed E-state index contributed by atoms with van der Waals surface area (Å²) in [5.74, 6) is 2.16. The Morgan fingerprint density at radius 1 is 0.821 bits per heavy atom. The molecule has 0 atom stereocenters. The van der Waals surface area contributed by atoms with Crippen LogP contribution in [0, 0.1) is 13.8 Å². The van der Waals surface area contributed by atoms with Crippen LogP contribution in [0.1, 0.15) is 23.1 Å². The van der Waals surface area contributed by atoms with E-state index in [2.05, 4.69) is 6.07 Å². The van der Waals surface area contributed by atoms with Crippen molar-refractivity contribution in [3.8, 4) is 23.0 Å². The van der Waals surface area contributed by atoms with E-state index in [4.69, 9.17) is 23.7 Å². The smallest absolute Gasteiger partial charge is 0.306 e. The highest BCUT2D eigenvalue weighted by Crippen LogP contribution is 2.38. The first-order valence-electron chi connectivity index (χ1n) is 9.12. The first kappa shape index (κ1) is 21.4. The highest BCUT2D eigenvalue weighted by atomic mass is 16.6. The summed E-state index contributed by atoms with van der Waals surface area (Å²) in [5, 5.41) is 0. The third kappa shape index (κ3) is 6.08. The summed E-state index contributed by atoms with van der Waals surface area (Å²) in [6.07, 6.45) is 0.760. The SMILES string of the molecule is COc1cc(CCC(=O)OCCOc2cc(C)cc(C)c2)cc(OC)c1OC. The third-order valence-electron chi connectivity index (χ3n) is 4.15. The van der Waals surface area contributed by atoms with Crippen molar-refractivity contribution in [2.45, 2.75) is 26.7 Å². The van der Waals surface area contributed by atoms with Gasteiger partial charge < -0.3 is 23.7 Å². The van der Waals surface area contributed by atoms with Crippen LogP contribution in [-0.2, 0) is 16.0 Å². The Morgan fingerprint density at radius 2 is 1.43 bits per heavy atom. The van der Waals surface area contributed by atoms with Gasteiger partial charge in [-0.2, -0.15) is 0 Å². The monoisotopic (exact) mass is 388 g/mol. The van der Waals surface area contributed by atoms with Gasteiger partial charge in [-0.3, -0.25) is 4.79 Å². The number of hydrogen-bond donors (Lipinski definition) is 0. The number of ether oxygens (including phenoxy) is 5. The van der Waals surface area contributed by atoms with Gasteiger partial charge in [0.25, 0.3) is 0 Å². The Balaban J connectivity index is 1.80. The second-order valence-corrected chi connectivity index (χ2v) is 6.43. The molecule has 2 rings (SSSR count). The Labute approximate surface area is 166 Å². The normalized spacial score (nSPS) is 10.3. The van der Waals surface area contributed by atoms with E-state index in [9.17, 15) is 4.79 Å². The zero-order chi connectivity index (χ0) is 20.5. The Bertz CT molecular complexity index is 754. The topological polar surface area (TPSA) is 63.2 Å². The molecular formula is C22H28O6. The van der Waals surface area contributed by atoms with Crippen molar-refractivity contribution < 1.29 is 28.5 Å². The van der Waals surface area contributed by atoms with Gasteiger partial charge in [0, 0.05) is 6.42 Å². The van der Waals surface area contributed by atoms with Crippen molar-refractivity contribution in [2.75, 3.05) is 34.5 Å². The maximum Gasteiger partial charge on any atom is 0.306 e. The lowest BCUT2D eigenvalue weighted by atomic mass is 10.1. The quantitative estimate of drug-likeness (QED) is 0.455. The van der Waals surface area contributed by atoms with E-state index < -0.39 is 0 Å². The molecule has 0 bridgehead atoms. The van der Waals surface area contributed by atoms with Gasteiger partial charge in [0.05, 0.1) is 21.3 Å². The van der Waals surface area contributed by atoms with Crippen LogP contribution in [0.4, 0.5) is 0 Å². The Hall–Kier alpha value is -2.89. The fraction of sp³-hybridized carbons (Fsp3) is 0.409. The number of methoxy groups -OCH3 is 3. The lowest BCUT2D eigenvalue weighted by Crippen LogP contribution is -2.13. The Morgan fingerprint density at radius 3 is 1.96 bits per heavy atom. The van der Waals surface area contributed by atoms with E-state index in [0.29, 0.717) is 30.3 Å². The molecule has 6 nitrogen and oxygen atoms in total. The second kappa shape index (κ2) is 10.4. The molecule has 28 heavy (non-hydrogen) atoms. The molecule has 0 unspecified atom stereocenters. The number of carbonyl (C=O) groups is 1. The van der Waals surface area contributed by atoms with Gasteiger partial charge in [-0.25, -0.2) is 0 Å². The van der Waals surface area contributed by atoms with Crippen molar-refractivity contribution in [1.29, 1.82) is 0 Å². The minimum absolute atomic E-state index is 0.209. The average molecular weight is 388 g/mol. The predicted octanol–water partition coefficient (Wildman–Crippen LogP) is 3.88.